The van der Waals surface area contributed by atoms with Gasteiger partial charge in [-0.2, -0.15) is 0 Å². The molecule has 0 bridgehead atoms. The van der Waals surface area contributed by atoms with E-state index in [-0.39, 0.29) is 29.5 Å². The number of phenols is 3. The summed E-state index contributed by atoms with van der Waals surface area (Å²) in [5, 5.41) is 29.4. The number of fused-ring (bicyclic) bond motifs is 1. The molecule has 1 atom stereocenters. The van der Waals surface area contributed by atoms with Crippen LogP contribution in [0.4, 0.5) is 0 Å². The van der Waals surface area contributed by atoms with E-state index >= 15 is 0 Å². The lowest BCUT2D eigenvalue weighted by Crippen LogP contribution is -2.21. The zero-order valence-electron chi connectivity index (χ0n) is 14.1. The first-order chi connectivity index (χ1) is 11.9. The van der Waals surface area contributed by atoms with Gasteiger partial charge in [-0.05, 0) is 50.1 Å². The van der Waals surface area contributed by atoms with Gasteiger partial charge in [0.25, 0.3) is 0 Å². The van der Waals surface area contributed by atoms with E-state index < -0.39 is 6.10 Å². The molecule has 0 unspecified atom stereocenters. The van der Waals surface area contributed by atoms with E-state index in [1.165, 1.54) is 18.2 Å². The predicted octanol–water partition coefficient (Wildman–Crippen LogP) is 4.02. The van der Waals surface area contributed by atoms with E-state index in [9.17, 15) is 20.1 Å². The number of ketones is 1. The fourth-order valence-corrected chi connectivity index (χ4v) is 2.86. The SMILES string of the molecule is CC(C)=CCc1c(O)ccc2c1O[C@@H](c1ccc(O)c(O)c1)CC2=O. The van der Waals surface area contributed by atoms with Gasteiger partial charge in [-0.15, -0.1) is 0 Å². The first-order valence-corrected chi connectivity index (χ1v) is 8.06. The Morgan fingerprint density at radius 1 is 1.12 bits per heavy atom. The minimum absolute atomic E-state index is 0.0817. The van der Waals surface area contributed by atoms with Gasteiger partial charge in [0.1, 0.15) is 17.6 Å². The minimum atomic E-state index is -0.584. The third-order valence-electron chi connectivity index (χ3n) is 4.25. The third kappa shape index (κ3) is 3.31. The third-order valence-corrected chi connectivity index (χ3v) is 4.25. The molecule has 0 aromatic heterocycles. The summed E-state index contributed by atoms with van der Waals surface area (Å²) in [6.07, 6.45) is 1.96. The number of hydrogen-bond acceptors (Lipinski definition) is 5. The van der Waals surface area contributed by atoms with Crippen molar-refractivity contribution in [3.05, 3.63) is 58.7 Å². The van der Waals surface area contributed by atoms with Crippen molar-refractivity contribution in [1.29, 1.82) is 0 Å². The Labute approximate surface area is 145 Å². The highest BCUT2D eigenvalue weighted by atomic mass is 16.5. The maximum atomic E-state index is 12.5. The Bertz CT molecular complexity index is 863. The van der Waals surface area contributed by atoms with Crippen molar-refractivity contribution in [2.24, 2.45) is 0 Å². The van der Waals surface area contributed by atoms with E-state index in [1.807, 2.05) is 19.9 Å². The minimum Gasteiger partial charge on any atom is -0.508 e. The summed E-state index contributed by atoms with van der Waals surface area (Å²) in [6, 6.07) is 7.44. The number of rotatable bonds is 3. The Hall–Kier alpha value is -2.95. The van der Waals surface area contributed by atoms with Crippen LogP contribution in [0, 0.1) is 0 Å². The molecule has 0 spiro atoms. The van der Waals surface area contributed by atoms with Crippen molar-refractivity contribution in [3.8, 4) is 23.0 Å². The summed E-state index contributed by atoms with van der Waals surface area (Å²) in [6.45, 7) is 3.92. The molecule has 5 heteroatoms. The molecule has 1 aliphatic rings. The van der Waals surface area contributed by atoms with Gasteiger partial charge < -0.3 is 20.1 Å². The molecule has 2 aromatic rings. The summed E-state index contributed by atoms with van der Waals surface area (Å²) in [5.74, 6) is -0.116. The van der Waals surface area contributed by atoms with Crippen LogP contribution >= 0.6 is 0 Å². The van der Waals surface area contributed by atoms with E-state index in [0.29, 0.717) is 28.9 Å². The second-order valence-corrected chi connectivity index (χ2v) is 6.41. The second kappa shape index (κ2) is 6.51. The Morgan fingerprint density at radius 3 is 2.52 bits per heavy atom. The van der Waals surface area contributed by atoms with Crippen LogP contribution in [-0.2, 0) is 6.42 Å². The molecule has 3 rings (SSSR count). The maximum Gasteiger partial charge on any atom is 0.170 e. The molecule has 0 amide bonds. The fourth-order valence-electron chi connectivity index (χ4n) is 2.86. The molecule has 25 heavy (non-hydrogen) atoms. The Morgan fingerprint density at radius 2 is 1.84 bits per heavy atom. The molecule has 0 saturated carbocycles. The standard InChI is InChI=1S/C20H20O5/c1-11(2)3-5-13-15(21)8-6-14-17(23)10-19(25-20(13)14)12-4-7-16(22)18(24)9-12/h3-4,6-9,19,21-22,24H,5,10H2,1-2H3/t19-/m1/s1. The molecule has 5 nitrogen and oxygen atoms in total. The van der Waals surface area contributed by atoms with Gasteiger partial charge >= 0.3 is 0 Å². The van der Waals surface area contributed by atoms with Crippen LogP contribution in [0.5, 0.6) is 23.0 Å². The number of carbonyl (C=O) groups excluding carboxylic acids is 1. The number of hydrogen-bond donors (Lipinski definition) is 3. The zero-order chi connectivity index (χ0) is 18.1. The highest BCUT2D eigenvalue weighted by Crippen LogP contribution is 2.42. The van der Waals surface area contributed by atoms with E-state index in [0.717, 1.165) is 5.57 Å². The molecule has 1 heterocycles. The maximum absolute atomic E-state index is 12.5. The lowest BCUT2D eigenvalue weighted by atomic mass is 9.93. The van der Waals surface area contributed by atoms with Crippen molar-refractivity contribution in [2.75, 3.05) is 0 Å². The van der Waals surface area contributed by atoms with Gasteiger partial charge in [0, 0.05) is 5.56 Å². The topological polar surface area (TPSA) is 87.0 Å². The average Bonchev–Trinajstić information content (AvgIpc) is 2.56. The lowest BCUT2D eigenvalue weighted by Gasteiger charge is -2.27. The van der Waals surface area contributed by atoms with Crippen molar-refractivity contribution >= 4 is 5.78 Å². The molecule has 0 aliphatic carbocycles. The predicted molar refractivity (Wildman–Crippen MR) is 93.3 cm³/mol. The Balaban J connectivity index is 2.02. The van der Waals surface area contributed by atoms with Gasteiger partial charge in [-0.1, -0.05) is 17.7 Å². The normalized spacial score (nSPS) is 16.1. The van der Waals surface area contributed by atoms with Gasteiger partial charge in [0.2, 0.25) is 0 Å². The quantitative estimate of drug-likeness (QED) is 0.580. The van der Waals surface area contributed by atoms with Crippen molar-refractivity contribution in [2.45, 2.75) is 32.8 Å². The largest absolute Gasteiger partial charge is 0.508 e. The molecule has 130 valence electrons. The number of aromatic hydroxyl groups is 3. The summed E-state index contributed by atoms with van der Waals surface area (Å²) in [5.41, 5.74) is 2.71. The number of phenolic OH excluding ortho intramolecular Hbond substituents is 3. The Kier molecular flexibility index (Phi) is 4.40. The summed E-state index contributed by atoms with van der Waals surface area (Å²) in [7, 11) is 0. The fraction of sp³-hybridized carbons (Fsp3) is 0.250. The number of benzene rings is 2. The van der Waals surface area contributed by atoms with Crippen LogP contribution in [0.3, 0.4) is 0 Å². The molecular weight excluding hydrogens is 320 g/mol. The molecule has 2 aromatic carbocycles. The number of ether oxygens (including phenoxy) is 1. The number of carbonyl (C=O) groups is 1. The van der Waals surface area contributed by atoms with Crippen molar-refractivity contribution in [1.82, 2.24) is 0 Å². The van der Waals surface area contributed by atoms with Gasteiger partial charge in [0.15, 0.2) is 17.3 Å². The number of allylic oxidation sites excluding steroid dienone is 2. The number of Topliss-reactive ketones (excluding diaryl/α,β-unsaturated/α-hetero) is 1. The van der Waals surface area contributed by atoms with Crippen LogP contribution in [-0.4, -0.2) is 21.1 Å². The highest BCUT2D eigenvalue weighted by Gasteiger charge is 2.30. The molecule has 0 fully saturated rings. The van der Waals surface area contributed by atoms with Gasteiger partial charge in [-0.3, -0.25) is 4.79 Å². The van der Waals surface area contributed by atoms with Crippen molar-refractivity contribution < 1.29 is 24.9 Å². The smallest absolute Gasteiger partial charge is 0.170 e. The van der Waals surface area contributed by atoms with Gasteiger partial charge in [-0.25, -0.2) is 0 Å². The molecule has 0 radical (unpaired) electrons. The first kappa shape index (κ1) is 16.9. The lowest BCUT2D eigenvalue weighted by molar-refractivity contribution is 0.0847. The highest BCUT2D eigenvalue weighted by molar-refractivity contribution is 6.00. The first-order valence-electron chi connectivity index (χ1n) is 8.06. The second-order valence-electron chi connectivity index (χ2n) is 6.41. The zero-order valence-corrected chi connectivity index (χ0v) is 14.1. The molecular formula is C20H20O5. The molecule has 0 saturated heterocycles. The van der Waals surface area contributed by atoms with Crippen LogP contribution in [0.15, 0.2) is 42.0 Å². The van der Waals surface area contributed by atoms with E-state index in [2.05, 4.69) is 0 Å². The van der Waals surface area contributed by atoms with Crippen LogP contribution < -0.4 is 4.74 Å². The van der Waals surface area contributed by atoms with Crippen molar-refractivity contribution in [3.63, 3.8) is 0 Å². The molecule has 1 aliphatic heterocycles. The van der Waals surface area contributed by atoms with Crippen LogP contribution in [0.2, 0.25) is 0 Å². The summed E-state index contributed by atoms with van der Waals surface area (Å²) in [4.78, 5) is 12.5. The molecule has 3 N–H and O–H groups in total. The summed E-state index contributed by atoms with van der Waals surface area (Å²) >= 11 is 0. The summed E-state index contributed by atoms with van der Waals surface area (Å²) < 4.78 is 6.02. The van der Waals surface area contributed by atoms with E-state index in [4.69, 9.17) is 4.74 Å². The van der Waals surface area contributed by atoms with E-state index in [1.54, 1.807) is 12.1 Å². The average molecular weight is 340 g/mol. The van der Waals surface area contributed by atoms with Gasteiger partial charge in [0.05, 0.1) is 12.0 Å². The van der Waals surface area contributed by atoms with Crippen LogP contribution in [0.1, 0.15) is 47.9 Å². The monoisotopic (exact) mass is 340 g/mol. The van der Waals surface area contributed by atoms with Crippen LogP contribution in [0.25, 0.3) is 0 Å².